The van der Waals surface area contributed by atoms with Crippen molar-refractivity contribution in [3.05, 3.63) is 106 Å². The van der Waals surface area contributed by atoms with Crippen molar-refractivity contribution in [3.8, 4) is 16.9 Å². The fraction of sp³-hybridized carbons (Fsp3) is 0.0800. The number of fused-ring (bicyclic) bond motifs is 1. The van der Waals surface area contributed by atoms with E-state index in [1.807, 2.05) is 85.8 Å². The van der Waals surface area contributed by atoms with Crippen molar-refractivity contribution < 1.29 is 9.15 Å². The Labute approximate surface area is 163 Å². The maximum Gasteiger partial charge on any atom is 0.200 e. The van der Waals surface area contributed by atoms with Crippen LogP contribution in [0.2, 0.25) is 0 Å². The highest BCUT2D eigenvalue weighted by Crippen LogP contribution is 2.28. The Hall–Kier alpha value is -3.59. The molecule has 3 aromatic carbocycles. The highest BCUT2D eigenvalue weighted by Gasteiger charge is 2.13. The molecule has 0 atom stereocenters. The Bertz CT molecular complexity index is 1170. The Kier molecular flexibility index (Phi) is 5.07. The van der Waals surface area contributed by atoms with E-state index >= 15 is 0 Å². The largest absolute Gasteiger partial charge is 0.489 e. The standard InChI is InChI=1S/C25H20O3/c1-18-23(27-16-8-11-19-9-4-2-5-10-19)15-14-21-24(26)22(17-28-25(18)21)20-12-6-3-7-13-20/h2-15,17H,16H2,1H3. The van der Waals surface area contributed by atoms with Crippen molar-refractivity contribution in [2.24, 2.45) is 0 Å². The fourth-order valence-electron chi connectivity index (χ4n) is 3.18. The van der Waals surface area contributed by atoms with Gasteiger partial charge in [0, 0.05) is 5.56 Å². The highest BCUT2D eigenvalue weighted by molar-refractivity contribution is 5.85. The van der Waals surface area contributed by atoms with E-state index in [2.05, 4.69) is 0 Å². The van der Waals surface area contributed by atoms with Crippen molar-refractivity contribution in [1.29, 1.82) is 0 Å². The first-order valence-electron chi connectivity index (χ1n) is 9.19. The summed E-state index contributed by atoms with van der Waals surface area (Å²) in [7, 11) is 0. The fourth-order valence-corrected chi connectivity index (χ4v) is 3.18. The molecular formula is C25H20O3. The molecule has 4 aromatic rings. The van der Waals surface area contributed by atoms with Crippen LogP contribution in [0.3, 0.4) is 0 Å². The molecule has 0 saturated carbocycles. The van der Waals surface area contributed by atoms with Gasteiger partial charge in [-0.2, -0.15) is 0 Å². The molecule has 0 amide bonds. The van der Waals surface area contributed by atoms with Crippen LogP contribution in [0, 0.1) is 6.92 Å². The van der Waals surface area contributed by atoms with E-state index < -0.39 is 0 Å². The molecule has 0 saturated heterocycles. The van der Waals surface area contributed by atoms with Gasteiger partial charge in [-0.1, -0.05) is 66.7 Å². The lowest BCUT2D eigenvalue weighted by molar-refractivity contribution is 0.361. The van der Waals surface area contributed by atoms with Gasteiger partial charge in [0.25, 0.3) is 0 Å². The van der Waals surface area contributed by atoms with Gasteiger partial charge in [0.2, 0.25) is 5.43 Å². The molecule has 1 heterocycles. The molecule has 28 heavy (non-hydrogen) atoms. The van der Waals surface area contributed by atoms with Crippen LogP contribution >= 0.6 is 0 Å². The quantitative estimate of drug-likeness (QED) is 0.443. The second-order valence-corrected chi connectivity index (χ2v) is 6.53. The Morgan fingerprint density at radius 2 is 1.64 bits per heavy atom. The Balaban J connectivity index is 1.59. The van der Waals surface area contributed by atoms with E-state index in [1.54, 1.807) is 6.07 Å². The van der Waals surface area contributed by atoms with Gasteiger partial charge in [0.15, 0.2) is 0 Å². The average molecular weight is 368 g/mol. The summed E-state index contributed by atoms with van der Waals surface area (Å²) in [5.41, 5.74) is 3.89. The van der Waals surface area contributed by atoms with Gasteiger partial charge in [-0.3, -0.25) is 4.79 Å². The number of aryl methyl sites for hydroxylation is 1. The van der Waals surface area contributed by atoms with Gasteiger partial charge in [-0.05, 0) is 36.3 Å². The molecule has 0 N–H and O–H groups in total. The van der Waals surface area contributed by atoms with E-state index in [1.165, 1.54) is 6.26 Å². The zero-order chi connectivity index (χ0) is 19.3. The van der Waals surface area contributed by atoms with E-state index in [-0.39, 0.29) is 5.43 Å². The minimum atomic E-state index is -0.0360. The molecule has 0 fully saturated rings. The maximum absolute atomic E-state index is 12.9. The van der Waals surface area contributed by atoms with Crippen molar-refractivity contribution in [2.75, 3.05) is 6.61 Å². The molecule has 0 bridgehead atoms. The second kappa shape index (κ2) is 7.97. The first-order chi connectivity index (χ1) is 13.7. The predicted molar refractivity (Wildman–Crippen MR) is 114 cm³/mol. The van der Waals surface area contributed by atoms with Crippen LogP contribution in [0.5, 0.6) is 5.75 Å². The monoisotopic (exact) mass is 368 g/mol. The SMILES string of the molecule is Cc1c(OCC=Cc2ccccc2)ccc2c(=O)c(-c3ccccc3)coc12. The summed E-state index contributed by atoms with van der Waals surface area (Å²) >= 11 is 0. The van der Waals surface area contributed by atoms with E-state index in [4.69, 9.17) is 9.15 Å². The van der Waals surface area contributed by atoms with Crippen molar-refractivity contribution in [1.82, 2.24) is 0 Å². The zero-order valence-corrected chi connectivity index (χ0v) is 15.6. The predicted octanol–water partition coefficient (Wildman–Crippen LogP) is 5.86. The Morgan fingerprint density at radius 1 is 0.929 bits per heavy atom. The van der Waals surface area contributed by atoms with E-state index in [9.17, 15) is 4.79 Å². The zero-order valence-electron chi connectivity index (χ0n) is 15.6. The third-order valence-corrected chi connectivity index (χ3v) is 4.67. The second-order valence-electron chi connectivity index (χ2n) is 6.53. The summed E-state index contributed by atoms with van der Waals surface area (Å²) in [6.45, 7) is 2.34. The summed E-state index contributed by atoms with van der Waals surface area (Å²) in [5.74, 6) is 0.709. The van der Waals surface area contributed by atoms with Crippen molar-refractivity contribution in [2.45, 2.75) is 6.92 Å². The molecule has 4 rings (SSSR count). The molecule has 3 heteroatoms. The smallest absolute Gasteiger partial charge is 0.200 e. The molecule has 0 unspecified atom stereocenters. The molecule has 0 spiro atoms. The number of benzene rings is 3. The maximum atomic E-state index is 12.9. The van der Waals surface area contributed by atoms with Crippen molar-refractivity contribution >= 4 is 17.0 Å². The summed E-state index contributed by atoms with van der Waals surface area (Å²) in [5, 5.41) is 0.561. The molecule has 0 aliphatic heterocycles. The van der Waals surface area contributed by atoms with Crippen LogP contribution in [0.15, 0.2) is 94.3 Å². The normalized spacial score (nSPS) is 11.2. The number of hydrogen-bond donors (Lipinski definition) is 0. The lowest BCUT2D eigenvalue weighted by Gasteiger charge is -2.10. The lowest BCUT2D eigenvalue weighted by atomic mass is 10.0. The number of hydrogen-bond acceptors (Lipinski definition) is 3. The summed E-state index contributed by atoms with van der Waals surface area (Å²) in [6, 6.07) is 23.2. The molecule has 0 aliphatic carbocycles. The van der Waals surface area contributed by atoms with Gasteiger partial charge >= 0.3 is 0 Å². The van der Waals surface area contributed by atoms with Gasteiger partial charge in [-0.15, -0.1) is 0 Å². The average Bonchev–Trinajstić information content (AvgIpc) is 2.74. The number of ether oxygens (including phenoxy) is 1. The van der Waals surface area contributed by atoms with Gasteiger partial charge in [0.1, 0.15) is 24.2 Å². The first-order valence-corrected chi connectivity index (χ1v) is 9.19. The van der Waals surface area contributed by atoms with Gasteiger partial charge in [0.05, 0.1) is 10.9 Å². The molecule has 1 aromatic heterocycles. The molecule has 138 valence electrons. The van der Waals surface area contributed by atoms with Gasteiger partial charge < -0.3 is 9.15 Å². The van der Waals surface area contributed by atoms with Crippen LogP contribution < -0.4 is 10.2 Å². The topological polar surface area (TPSA) is 39.4 Å². The third-order valence-electron chi connectivity index (χ3n) is 4.67. The van der Waals surface area contributed by atoms with E-state index in [0.717, 1.165) is 16.7 Å². The van der Waals surface area contributed by atoms with Gasteiger partial charge in [-0.25, -0.2) is 0 Å². The summed E-state index contributed by atoms with van der Waals surface area (Å²) in [4.78, 5) is 12.9. The molecule has 3 nitrogen and oxygen atoms in total. The highest BCUT2D eigenvalue weighted by atomic mass is 16.5. The molecule has 0 radical (unpaired) electrons. The van der Waals surface area contributed by atoms with Crippen LogP contribution in [0.1, 0.15) is 11.1 Å². The van der Waals surface area contributed by atoms with E-state index in [0.29, 0.717) is 28.9 Å². The minimum Gasteiger partial charge on any atom is -0.489 e. The Morgan fingerprint density at radius 3 is 2.39 bits per heavy atom. The summed E-state index contributed by atoms with van der Waals surface area (Å²) < 4.78 is 11.7. The summed E-state index contributed by atoms with van der Waals surface area (Å²) in [6.07, 6.45) is 5.52. The minimum absolute atomic E-state index is 0.0360. The molecule has 0 aliphatic rings. The van der Waals surface area contributed by atoms with Crippen molar-refractivity contribution in [3.63, 3.8) is 0 Å². The third kappa shape index (κ3) is 3.60. The first kappa shape index (κ1) is 17.8. The van der Waals surface area contributed by atoms with Crippen LogP contribution in [-0.4, -0.2) is 6.61 Å². The molecular weight excluding hydrogens is 348 g/mol. The van der Waals surface area contributed by atoms with Crippen LogP contribution in [0.4, 0.5) is 0 Å². The van der Waals surface area contributed by atoms with Crippen LogP contribution in [0.25, 0.3) is 28.2 Å². The number of rotatable bonds is 5. The lowest BCUT2D eigenvalue weighted by Crippen LogP contribution is -2.06. The van der Waals surface area contributed by atoms with Crippen LogP contribution in [-0.2, 0) is 0 Å².